The van der Waals surface area contributed by atoms with Crippen molar-refractivity contribution < 1.29 is 4.74 Å². The van der Waals surface area contributed by atoms with Gasteiger partial charge in [0.2, 0.25) is 5.88 Å². The van der Waals surface area contributed by atoms with Gasteiger partial charge in [0, 0.05) is 11.1 Å². The van der Waals surface area contributed by atoms with Crippen molar-refractivity contribution in [3.8, 4) is 39.7 Å². The number of methoxy groups -OCH3 is 1. The van der Waals surface area contributed by atoms with E-state index in [0.29, 0.717) is 18.0 Å². The number of ether oxygens (including phenoxy) is 1. The predicted octanol–water partition coefficient (Wildman–Crippen LogP) is 5.36. The molecule has 0 bridgehead atoms. The molecule has 0 radical (unpaired) electrons. The smallest absolute Gasteiger partial charge is 0.240 e. The Labute approximate surface area is 232 Å². The number of hydrogen-bond acceptors (Lipinski definition) is 7. The summed E-state index contributed by atoms with van der Waals surface area (Å²) in [4.78, 5) is 25.9. The van der Waals surface area contributed by atoms with Crippen molar-refractivity contribution in [1.29, 1.82) is 0 Å². The van der Waals surface area contributed by atoms with Gasteiger partial charge in [0.1, 0.15) is 17.3 Å². The van der Waals surface area contributed by atoms with Crippen LogP contribution in [0.5, 0.6) is 5.88 Å². The number of halogens is 1. The number of benzene rings is 2. The molecule has 2 aliphatic rings. The number of imidazole rings is 2. The number of hydrogen-bond donors (Lipinski definition) is 4. The minimum Gasteiger partial charge on any atom is -0.479 e. The molecule has 5 aromatic rings. The molecule has 0 spiro atoms. The number of H-pyrrole nitrogens is 2. The number of aromatic nitrogens is 6. The molecule has 2 aromatic carbocycles. The molecule has 4 N–H and O–H groups in total. The highest BCUT2D eigenvalue weighted by Gasteiger charge is 2.21. The lowest BCUT2D eigenvalue weighted by Gasteiger charge is -2.10. The normalized spacial score (nSPS) is 18.9. The van der Waals surface area contributed by atoms with Crippen LogP contribution in [0.15, 0.2) is 54.9 Å². The maximum absolute atomic E-state index is 5.68. The summed E-state index contributed by atoms with van der Waals surface area (Å²) in [5, 5.41) is 6.98. The number of nitrogens with one attached hydrogen (secondary N) is 4. The van der Waals surface area contributed by atoms with E-state index >= 15 is 0 Å². The maximum Gasteiger partial charge on any atom is 0.240 e. The van der Waals surface area contributed by atoms with Crippen LogP contribution in [0.1, 0.15) is 49.4 Å². The molecule has 2 saturated heterocycles. The molecular formula is C29H31ClN8O. The molecule has 9 nitrogen and oxygen atoms in total. The number of aromatic amines is 2. The van der Waals surface area contributed by atoms with Crippen LogP contribution in [0.3, 0.4) is 0 Å². The molecule has 200 valence electrons. The molecule has 0 saturated carbocycles. The van der Waals surface area contributed by atoms with Gasteiger partial charge in [0.15, 0.2) is 0 Å². The summed E-state index contributed by atoms with van der Waals surface area (Å²) in [7, 11) is 1.64. The first kappa shape index (κ1) is 25.5. The van der Waals surface area contributed by atoms with Crippen LogP contribution in [0.2, 0.25) is 0 Å². The SMILES string of the molecule is COc1nc2cc(-c3cnc([C@@H]4CCCN4)[nH]3)ccc2nc1-c1ccc(-c2cnc([C@@H]3CCCN3)[nH]2)cc1.Cl. The Morgan fingerprint density at radius 2 is 1.31 bits per heavy atom. The first-order chi connectivity index (χ1) is 18.7. The summed E-state index contributed by atoms with van der Waals surface area (Å²) >= 11 is 0. The molecule has 5 heterocycles. The molecule has 0 unspecified atom stereocenters. The fourth-order valence-corrected chi connectivity index (χ4v) is 5.50. The number of nitrogens with zero attached hydrogens (tertiary/aromatic N) is 4. The van der Waals surface area contributed by atoms with E-state index in [9.17, 15) is 0 Å². The van der Waals surface area contributed by atoms with Crippen molar-refractivity contribution >= 4 is 23.4 Å². The summed E-state index contributed by atoms with van der Waals surface area (Å²) < 4.78 is 5.68. The van der Waals surface area contributed by atoms with E-state index in [0.717, 1.165) is 82.4 Å². The highest BCUT2D eigenvalue weighted by Crippen LogP contribution is 2.32. The van der Waals surface area contributed by atoms with Gasteiger partial charge < -0.3 is 25.3 Å². The van der Waals surface area contributed by atoms with Crippen LogP contribution in [-0.4, -0.2) is 50.1 Å². The maximum atomic E-state index is 5.68. The van der Waals surface area contributed by atoms with E-state index in [-0.39, 0.29) is 12.4 Å². The Hall–Kier alpha value is -3.79. The Bertz CT molecular complexity index is 1580. The molecular weight excluding hydrogens is 512 g/mol. The Morgan fingerprint density at radius 1 is 0.718 bits per heavy atom. The van der Waals surface area contributed by atoms with Gasteiger partial charge in [-0.05, 0) is 56.5 Å². The third-order valence-corrected chi connectivity index (χ3v) is 7.58. The van der Waals surface area contributed by atoms with Gasteiger partial charge in [-0.15, -0.1) is 12.4 Å². The van der Waals surface area contributed by atoms with E-state index in [1.807, 2.05) is 24.5 Å². The Kier molecular flexibility index (Phi) is 7.03. The van der Waals surface area contributed by atoms with E-state index < -0.39 is 0 Å². The second-order valence-corrected chi connectivity index (χ2v) is 10.0. The first-order valence-corrected chi connectivity index (χ1v) is 13.3. The summed E-state index contributed by atoms with van der Waals surface area (Å²) in [5.74, 6) is 2.49. The average molecular weight is 543 g/mol. The topological polar surface area (TPSA) is 116 Å². The van der Waals surface area contributed by atoms with Crippen molar-refractivity contribution in [3.05, 3.63) is 66.5 Å². The molecule has 0 amide bonds. The zero-order chi connectivity index (χ0) is 25.5. The van der Waals surface area contributed by atoms with Crippen LogP contribution < -0.4 is 15.4 Å². The molecule has 2 aliphatic heterocycles. The first-order valence-electron chi connectivity index (χ1n) is 13.3. The molecule has 3 aromatic heterocycles. The third kappa shape index (κ3) is 4.89. The van der Waals surface area contributed by atoms with Gasteiger partial charge in [0.25, 0.3) is 0 Å². The van der Waals surface area contributed by atoms with Crippen molar-refractivity contribution in [2.75, 3.05) is 20.2 Å². The van der Waals surface area contributed by atoms with E-state index in [1.54, 1.807) is 7.11 Å². The van der Waals surface area contributed by atoms with Crippen molar-refractivity contribution in [2.45, 2.75) is 37.8 Å². The third-order valence-electron chi connectivity index (χ3n) is 7.58. The molecule has 7 rings (SSSR count). The average Bonchev–Trinajstić information content (AvgIpc) is 3.78. The molecule has 10 heteroatoms. The van der Waals surface area contributed by atoms with Gasteiger partial charge in [-0.25, -0.2) is 19.9 Å². The van der Waals surface area contributed by atoms with E-state index in [4.69, 9.17) is 14.7 Å². The van der Waals surface area contributed by atoms with Crippen LogP contribution in [0.25, 0.3) is 44.8 Å². The molecule has 2 fully saturated rings. The van der Waals surface area contributed by atoms with Crippen LogP contribution in [0, 0.1) is 0 Å². The fourth-order valence-electron chi connectivity index (χ4n) is 5.50. The van der Waals surface area contributed by atoms with Crippen LogP contribution >= 0.6 is 12.4 Å². The zero-order valence-electron chi connectivity index (χ0n) is 21.7. The van der Waals surface area contributed by atoms with Gasteiger partial charge >= 0.3 is 0 Å². The monoisotopic (exact) mass is 542 g/mol. The van der Waals surface area contributed by atoms with Crippen molar-refractivity contribution in [2.24, 2.45) is 0 Å². The highest BCUT2D eigenvalue weighted by atomic mass is 35.5. The second-order valence-electron chi connectivity index (χ2n) is 10.0. The van der Waals surface area contributed by atoms with Gasteiger partial charge in [-0.3, -0.25) is 0 Å². The lowest BCUT2D eigenvalue weighted by atomic mass is 10.1. The highest BCUT2D eigenvalue weighted by molar-refractivity contribution is 5.85. The largest absolute Gasteiger partial charge is 0.479 e. The molecule has 0 aliphatic carbocycles. The van der Waals surface area contributed by atoms with E-state index in [1.165, 1.54) is 12.8 Å². The van der Waals surface area contributed by atoms with Gasteiger partial charge in [0.05, 0.1) is 54.0 Å². The molecule has 2 atom stereocenters. The Balaban J connectivity index is 0.00000277. The van der Waals surface area contributed by atoms with Crippen LogP contribution in [-0.2, 0) is 0 Å². The van der Waals surface area contributed by atoms with Crippen molar-refractivity contribution in [3.63, 3.8) is 0 Å². The Morgan fingerprint density at radius 3 is 1.90 bits per heavy atom. The summed E-state index contributed by atoms with van der Waals surface area (Å²) in [6, 6.07) is 15.0. The van der Waals surface area contributed by atoms with Crippen molar-refractivity contribution in [1.82, 2.24) is 40.5 Å². The quantitative estimate of drug-likeness (QED) is 0.228. The number of fused-ring (bicyclic) bond motifs is 1. The fraction of sp³-hybridized carbons (Fsp3) is 0.310. The predicted molar refractivity (Wildman–Crippen MR) is 154 cm³/mol. The summed E-state index contributed by atoms with van der Waals surface area (Å²) in [5.41, 5.74) is 7.34. The lowest BCUT2D eigenvalue weighted by Crippen LogP contribution is -2.14. The zero-order valence-corrected chi connectivity index (χ0v) is 22.5. The number of rotatable bonds is 6. The minimum absolute atomic E-state index is 0. The summed E-state index contributed by atoms with van der Waals surface area (Å²) in [6.45, 7) is 2.09. The minimum atomic E-state index is 0. The van der Waals surface area contributed by atoms with Gasteiger partial charge in [-0.2, -0.15) is 0 Å². The molecule has 39 heavy (non-hydrogen) atoms. The standard InChI is InChI=1S/C29H30N8O.ClH/c1-38-29-26(18-8-6-17(7-9-18)24-15-32-27(35-24)21-4-2-12-30-21)34-20-11-10-19(14-23(20)37-29)25-16-33-28(36-25)22-5-3-13-31-22;/h6-11,14-16,21-22,30-31H,2-5,12-13H2,1H3,(H,32,35)(H,33,36);1H/t21-,22-;/m0./s1. The van der Waals surface area contributed by atoms with Gasteiger partial charge in [-0.1, -0.05) is 30.3 Å². The van der Waals surface area contributed by atoms with Crippen LogP contribution in [0.4, 0.5) is 0 Å². The second kappa shape index (κ2) is 10.8. The van der Waals surface area contributed by atoms with E-state index in [2.05, 4.69) is 60.9 Å². The summed E-state index contributed by atoms with van der Waals surface area (Å²) in [6.07, 6.45) is 8.40. The lowest BCUT2D eigenvalue weighted by molar-refractivity contribution is 0.400.